The molecule has 0 fully saturated rings. The SMILES string of the molecule is [2H]C([2H])([2H])C1=C[C@]2([2H])c3c(O)cc(CCCCC)cc3OC(C)(C)[C@H]2CC1([2H])[2H]. The second kappa shape index (κ2) is 6.22. The van der Waals surface area contributed by atoms with Crippen molar-refractivity contribution in [3.05, 3.63) is 34.9 Å². The Labute approximate surface area is 149 Å². The third-order valence-electron chi connectivity index (χ3n) is 4.88. The number of rotatable bonds is 4. The molecule has 2 atom stereocenters. The molecule has 0 saturated carbocycles. The van der Waals surface area contributed by atoms with E-state index < -0.39 is 30.6 Å². The van der Waals surface area contributed by atoms with Gasteiger partial charge in [-0.15, -0.1) is 0 Å². The molecule has 0 radical (unpaired) electrons. The van der Waals surface area contributed by atoms with E-state index in [1.54, 1.807) is 19.9 Å². The number of phenols is 1. The fourth-order valence-corrected chi connectivity index (χ4v) is 3.60. The number of aryl methyl sites for hydroxylation is 1. The Hall–Kier alpha value is -1.44. The second-order valence-corrected chi connectivity index (χ2v) is 7.10. The van der Waals surface area contributed by atoms with Gasteiger partial charge in [-0.25, -0.2) is 0 Å². The van der Waals surface area contributed by atoms with Gasteiger partial charge in [-0.1, -0.05) is 31.4 Å². The summed E-state index contributed by atoms with van der Waals surface area (Å²) in [6, 6.07) is 3.47. The van der Waals surface area contributed by atoms with Crippen LogP contribution in [0.5, 0.6) is 11.5 Å². The van der Waals surface area contributed by atoms with Crippen molar-refractivity contribution in [3.63, 3.8) is 0 Å². The molecule has 1 aliphatic carbocycles. The lowest BCUT2D eigenvalue weighted by Gasteiger charge is -2.46. The molecule has 2 aliphatic rings. The number of ether oxygens (including phenoxy) is 1. The fourth-order valence-electron chi connectivity index (χ4n) is 3.60. The van der Waals surface area contributed by atoms with E-state index in [9.17, 15) is 6.48 Å². The summed E-state index contributed by atoms with van der Waals surface area (Å²) in [5.41, 5.74) is -0.115. The van der Waals surface area contributed by atoms with Gasteiger partial charge in [0.25, 0.3) is 0 Å². The zero-order valence-corrected chi connectivity index (χ0v) is 14.2. The van der Waals surface area contributed by atoms with E-state index in [0.717, 1.165) is 31.2 Å². The highest BCUT2D eigenvalue weighted by Crippen LogP contribution is 2.53. The van der Waals surface area contributed by atoms with Crippen molar-refractivity contribution in [2.45, 2.75) is 77.6 Å². The first-order chi connectivity index (χ1) is 13.2. The Morgan fingerprint density at radius 3 is 3.00 bits per heavy atom. The van der Waals surface area contributed by atoms with Crippen molar-refractivity contribution in [1.82, 2.24) is 0 Å². The Morgan fingerprint density at radius 2 is 2.26 bits per heavy atom. The van der Waals surface area contributed by atoms with E-state index in [-0.39, 0.29) is 23.3 Å². The van der Waals surface area contributed by atoms with Gasteiger partial charge in [0.1, 0.15) is 17.1 Å². The second-order valence-electron chi connectivity index (χ2n) is 7.10. The molecule has 2 heteroatoms. The number of fused-ring (bicyclic) bond motifs is 3. The summed E-state index contributed by atoms with van der Waals surface area (Å²) in [5, 5.41) is 10.8. The predicted molar refractivity (Wildman–Crippen MR) is 95.3 cm³/mol. The summed E-state index contributed by atoms with van der Waals surface area (Å²) < 4.78 is 55.4. The molecule has 0 saturated heterocycles. The molecule has 2 nitrogen and oxygen atoms in total. The fraction of sp³-hybridized carbons (Fsp3) is 0.619. The molecular weight excluding hydrogens is 284 g/mol. The van der Waals surface area contributed by atoms with Crippen LogP contribution >= 0.6 is 0 Å². The van der Waals surface area contributed by atoms with E-state index >= 15 is 0 Å². The topological polar surface area (TPSA) is 29.5 Å². The minimum absolute atomic E-state index is 0.0897. The van der Waals surface area contributed by atoms with Crippen molar-refractivity contribution < 1.29 is 18.1 Å². The van der Waals surface area contributed by atoms with E-state index in [2.05, 4.69) is 6.92 Å². The lowest BCUT2D eigenvalue weighted by atomic mass is 9.68. The van der Waals surface area contributed by atoms with Crippen molar-refractivity contribution in [2.24, 2.45) is 5.92 Å². The summed E-state index contributed by atoms with van der Waals surface area (Å²) in [5.74, 6) is -1.94. The maximum absolute atomic E-state index is 10.8. The number of hydrogen-bond acceptors (Lipinski definition) is 2. The molecule has 1 heterocycles. The van der Waals surface area contributed by atoms with Crippen LogP contribution in [0.1, 0.15) is 84.9 Å². The number of hydrogen-bond donors (Lipinski definition) is 1. The lowest BCUT2D eigenvalue weighted by Crippen LogP contribution is -2.45. The molecule has 1 N–H and O–H groups in total. The zero-order valence-electron chi connectivity index (χ0n) is 20.2. The van der Waals surface area contributed by atoms with Gasteiger partial charge in [0.05, 0.1) is 0 Å². The van der Waals surface area contributed by atoms with Crippen LogP contribution in [0.15, 0.2) is 23.8 Å². The normalized spacial score (nSPS) is 34.9. The quantitative estimate of drug-likeness (QED) is 0.566. The van der Waals surface area contributed by atoms with E-state index in [4.69, 9.17) is 11.6 Å². The molecule has 126 valence electrons. The third kappa shape index (κ3) is 3.13. The predicted octanol–water partition coefficient (Wildman–Crippen LogP) is 5.74. The summed E-state index contributed by atoms with van der Waals surface area (Å²) in [7, 11) is 0. The molecule has 0 amide bonds. The Balaban J connectivity index is 2.18. The summed E-state index contributed by atoms with van der Waals surface area (Å²) in [6.07, 6.45) is 2.91. The Kier molecular flexibility index (Phi) is 2.82. The van der Waals surface area contributed by atoms with Crippen LogP contribution in [0, 0.1) is 5.92 Å². The van der Waals surface area contributed by atoms with E-state index in [1.165, 1.54) is 6.08 Å². The molecule has 23 heavy (non-hydrogen) atoms. The first-order valence-corrected chi connectivity index (χ1v) is 8.51. The number of allylic oxidation sites excluding steroid dienone is 2. The molecule has 0 unspecified atom stereocenters. The highest BCUT2D eigenvalue weighted by atomic mass is 16.5. The zero-order chi connectivity index (χ0) is 21.8. The molecule has 0 aromatic heterocycles. The van der Waals surface area contributed by atoms with Crippen LogP contribution in [-0.2, 0) is 6.42 Å². The van der Waals surface area contributed by atoms with Gasteiger partial charge in [0.15, 0.2) is 0 Å². The highest BCUT2D eigenvalue weighted by molar-refractivity contribution is 5.53. The lowest BCUT2D eigenvalue weighted by molar-refractivity contribution is 0.0107. The van der Waals surface area contributed by atoms with Crippen molar-refractivity contribution >= 4 is 0 Å². The van der Waals surface area contributed by atoms with Gasteiger partial charge >= 0.3 is 0 Å². The van der Waals surface area contributed by atoms with Crippen molar-refractivity contribution in [2.75, 3.05) is 0 Å². The van der Waals surface area contributed by atoms with Crippen LogP contribution in [0.3, 0.4) is 0 Å². The van der Waals surface area contributed by atoms with Gasteiger partial charge in [-0.2, -0.15) is 0 Å². The van der Waals surface area contributed by atoms with Crippen LogP contribution < -0.4 is 4.74 Å². The minimum atomic E-state index is -2.65. The molecule has 0 bridgehead atoms. The molecule has 1 aromatic rings. The monoisotopic (exact) mass is 320 g/mol. The van der Waals surface area contributed by atoms with Crippen LogP contribution in [0.2, 0.25) is 0 Å². The van der Waals surface area contributed by atoms with E-state index in [0.29, 0.717) is 5.75 Å². The number of phenolic OH excluding ortho intramolecular Hbond substituents is 1. The van der Waals surface area contributed by atoms with Crippen molar-refractivity contribution in [3.8, 4) is 11.5 Å². The smallest absolute Gasteiger partial charge is 0.127 e. The average molecular weight is 321 g/mol. The maximum atomic E-state index is 10.8. The summed E-state index contributed by atoms with van der Waals surface area (Å²) in [6.45, 7) is 3.07. The van der Waals surface area contributed by atoms with Gasteiger partial charge in [0.2, 0.25) is 0 Å². The largest absolute Gasteiger partial charge is 0.507 e. The van der Waals surface area contributed by atoms with Gasteiger partial charge in [-0.3, -0.25) is 0 Å². The summed E-state index contributed by atoms with van der Waals surface area (Å²) in [4.78, 5) is 0. The first-order valence-electron chi connectivity index (χ1n) is 11.5. The first kappa shape index (κ1) is 10.4. The van der Waals surface area contributed by atoms with Crippen LogP contribution in [0.25, 0.3) is 0 Å². The highest BCUT2D eigenvalue weighted by Gasteiger charge is 2.45. The minimum Gasteiger partial charge on any atom is -0.507 e. The third-order valence-corrected chi connectivity index (χ3v) is 4.88. The summed E-state index contributed by atoms with van der Waals surface area (Å²) >= 11 is 0. The van der Waals surface area contributed by atoms with Crippen LogP contribution in [0.4, 0.5) is 0 Å². The average Bonchev–Trinajstić information content (AvgIpc) is 2.54. The van der Waals surface area contributed by atoms with Gasteiger partial charge < -0.3 is 9.84 Å². The number of benzene rings is 1. The van der Waals surface area contributed by atoms with Crippen LogP contribution in [-0.4, -0.2) is 10.7 Å². The Morgan fingerprint density at radius 1 is 1.43 bits per heavy atom. The molecule has 0 spiro atoms. The van der Waals surface area contributed by atoms with E-state index in [1.807, 2.05) is 6.07 Å². The van der Waals surface area contributed by atoms with Gasteiger partial charge in [-0.05, 0) is 64.0 Å². The number of aromatic hydroxyl groups is 1. The standard InChI is InChI=1S/C21H30O2/c1-5-6-7-8-15-12-18(22)20-16-11-14(2)9-10-17(16)21(3,4)23-19(20)13-15/h11-13,16-17,22H,5-10H2,1-4H3/t16-,17-/m0/s1/i2D3,9D2,16D. The molecular formula is C21H30O2. The Bertz CT molecular complexity index is 827. The maximum Gasteiger partial charge on any atom is 0.127 e. The van der Waals surface area contributed by atoms with Gasteiger partial charge in [0, 0.05) is 25.6 Å². The number of unbranched alkanes of at least 4 members (excludes halogenated alkanes) is 2. The molecule has 3 rings (SSSR count). The molecule has 1 aliphatic heterocycles. The van der Waals surface area contributed by atoms with Crippen molar-refractivity contribution in [1.29, 1.82) is 0 Å². The molecule has 1 aromatic carbocycles.